The summed E-state index contributed by atoms with van der Waals surface area (Å²) in [5.41, 5.74) is 3.03. The number of hydrogen-bond donors (Lipinski definition) is 1. The van der Waals surface area contributed by atoms with E-state index >= 15 is 0 Å². The van der Waals surface area contributed by atoms with E-state index in [1.807, 2.05) is 36.4 Å². The van der Waals surface area contributed by atoms with Gasteiger partial charge in [-0.1, -0.05) is 24.3 Å². The highest BCUT2D eigenvalue weighted by Gasteiger charge is 2.38. The lowest BCUT2D eigenvalue weighted by Gasteiger charge is -2.24. The molecular formula is C23H18N2O5. The van der Waals surface area contributed by atoms with Crippen molar-refractivity contribution in [3.05, 3.63) is 71.3 Å². The Bertz CT molecular complexity index is 1210. The molecule has 2 aliphatic heterocycles. The van der Waals surface area contributed by atoms with E-state index < -0.39 is 5.97 Å². The monoisotopic (exact) mass is 402 g/mol. The van der Waals surface area contributed by atoms with Crippen molar-refractivity contribution in [1.29, 1.82) is 0 Å². The minimum atomic E-state index is -0.504. The van der Waals surface area contributed by atoms with Gasteiger partial charge >= 0.3 is 5.97 Å². The maximum absolute atomic E-state index is 13.1. The van der Waals surface area contributed by atoms with Crippen LogP contribution in [-0.4, -0.2) is 49.2 Å². The standard InChI is InChI=1S/C23H18N2O5/c26-9-10-29-11-12-30-23(28)15-7-8-16-17(13-15)21-24-18-5-1-3-14-4-2-6-19(20(14)18)25(21)22(16)27/h1-8,13,26H,9-12H2. The lowest BCUT2D eigenvalue weighted by atomic mass is 10.0. The van der Waals surface area contributed by atoms with Crippen LogP contribution < -0.4 is 4.90 Å². The van der Waals surface area contributed by atoms with E-state index in [4.69, 9.17) is 19.6 Å². The second kappa shape index (κ2) is 7.37. The summed E-state index contributed by atoms with van der Waals surface area (Å²) in [4.78, 5) is 31.9. The van der Waals surface area contributed by atoms with Crippen LogP contribution in [0.25, 0.3) is 10.8 Å². The number of amidine groups is 1. The highest BCUT2D eigenvalue weighted by Crippen LogP contribution is 2.43. The van der Waals surface area contributed by atoms with Gasteiger partial charge in [-0.3, -0.25) is 9.69 Å². The van der Waals surface area contributed by atoms with E-state index in [1.165, 1.54) is 0 Å². The number of fused-ring (bicyclic) bond motifs is 4. The largest absolute Gasteiger partial charge is 0.460 e. The lowest BCUT2D eigenvalue weighted by Crippen LogP contribution is -2.31. The number of carbonyl (C=O) groups is 2. The zero-order valence-electron chi connectivity index (χ0n) is 16.0. The fourth-order valence-corrected chi connectivity index (χ4v) is 3.85. The zero-order chi connectivity index (χ0) is 20.7. The Kier molecular flexibility index (Phi) is 4.54. The quantitative estimate of drug-likeness (QED) is 0.506. The summed E-state index contributed by atoms with van der Waals surface area (Å²) in [6.07, 6.45) is 0. The molecule has 0 saturated carbocycles. The van der Waals surface area contributed by atoms with Gasteiger partial charge in [0.2, 0.25) is 0 Å². The maximum atomic E-state index is 13.1. The average Bonchev–Trinajstić information content (AvgIpc) is 3.05. The van der Waals surface area contributed by atoms with Crippen LogP contribution >= 0.6 is 0 Å². The van der Waals surface area contributed by atoms with E-state index in [9.17, 15) is 9.59 Å². The van der Waals surface area contributed by atoms with Crippen LogP contribution in [0.15, 0.2) is 59.6 Å². The van der Waals surface area contributed by atoms with Crippen molar-refractivity contribution in [2.45, 2.75) is 0 Å². The minimum absolute atomic E-state index is 0.0806. The van der Waals surface area contributed by atoms with Gasteiger partial charge in [0.15, 0.2) is 0 Å². The summed E-state index contributed by atoms with van der Waals surface area (Å²) >= 11 is 0. The molecule has 3 aromatic rings. The Labute approximate surface area is 172 Å². The van der Waals surface area contributed by atoms with Crippen molar-refractivity contribution >= 4 is 39.9 Å². The van der Waals surface area contributed by atoms with Crippen LogP contribution in [0.1, 0.15) is 26.3 Å². The second-order valence-electron chi connectivity index (χ2n) is 6.96. The molecule has 1 amide bonds. The van der Waals surface area contributed by atoms with Gasteiger partial charge < -0.3 is 14.6 Å². The van der Waals surface area contributed by atoms with Crippen molar-refractivity contribution in [2.24, 2.45) is 4.99 Å². The van der Waals surface area contributed by atoms with Crippen LogP contribution in [0.4, 0.5) is 11.4 Å². The highest BCUT2D eigenvalue weighted by molar-refractivity contribution is 6.40. The molecule has 0 radical (unpaired) electrons. The maximum Gasteiger partial charge on any atom is 0.338 e. The average molecular weight is 402 g/mol. The van der Waals surface area contributed by atoms with Gasteiger partial charge in [0.25, 0.3) is 5.91 Å². The van der Waals surface area contributed by atoms with E-state index in [0.717, 1.165) is 22.1 Å². The number of ether oxygens (including phenoxy) is 2. The van der Waals surface area contributed by atoms with Crippen LogP contribution in [0.5, 0.6) is 0 Å². The molecule has 3 aromatic carbocycles. The fourth-order valence-electron chi connectivity index (χ4n) is 3.85. The first-order chi connectivity index (χ1) is 14.7. The van der Waals surface area contributed by atoms with Crippen LogP contribution in [0.2, 0.25) is 0 Å². The molecule has 0 saturated heterocycles. The van der Waals surface area contributed by atoms with Crippen molar-refractivity contribution < 1.29 is 24.2 Å². The molecule has 7 heteroatoms. The van der Waals surface area contributed by atoms with Gasteiger partial charge in [-0.15, -0.1) is 0 Å². The number of esters is 1. The number of aliphatic hydroxyl groups excluding tert-OH is 1. The molecule has 0 unspecified atom stereocenters. The molecule has 1 N–H and O–H groups in total. The molecule has 0 atom stereocenters. The molecule has 0 aromatic heterocycles. The third-order valence-corrected chi connectivity index (χ3v) is 5.17. The first kappa shape index (κ1) is 18.5. The first-order valence-electron chi connectivity index (χ1n) is 9.64. The summed E-state index contributed by atoms with van der Waals surface area (Å²) < 4.78 is 10.3. The van der Waals surface area contributed by atoms with E-state index in [0.29, 0.717) is 22.5 Å². The van der Waals surface area contributed by atoms with Gasteiger partial charge in [-0.05, 0) is 35.7 Å². The first-order valence-corrected chi connectivity index (χ1v) is 9.64. The normalized spacial score (nSPS) is 13.8. The van der Waals surface area contributed by atoms with Crippen molar-refractivity contribution in [3.8, 4) is 0 Å². The van der Waals surface area contributed by atoms with Gasteiger partial charge in [-0.2, -0.15) is 0 Å². The number of hydrogen-bond acceptors (Lipinski definition) is 6. The summed E-state index contributed by atoms with van der Waals surface area (Å²) in [5.74, 6) is -0.152. The molecule has 2 aliphatic rings. The summed E-state index contributed by atoms with van der Waals surface area (Å²) in [7, 11) is 0. The molecule has 0 bridgehead atoms. The Morgan fingerprint density at radius 3 is 2.67 bits per heavy atom. The molecule has 0 aliphatic carbocycles. The number of aliphatic hydroxyl groups is 1. The molecule has 2 heterocycles. The third-order valence-electron chi connectivity index (χ3n) is 5.17. The SMILES string of the molecule is O=C(OCCOCCO)c1ccc2c(c1)C1=Nc3cccc4cccc(c34)N1C2=O. The topological polar surface area (TPSA) is 88.4 Å². The van der Waals surface area contributed by atoms with E-state index in [-0.39, 0.29) is 32.3 Å². The van der Waals surface area contributed by atoms with Gasteiger partial charge in [0.1, 0.15) is 12.4 Å². The predicted octanol–water partition coefficient (Wildman–Crippen LogP) is 3.06. The zero-order valence-corrected chi connectivity index (χ0v) is 16.0. The highest BCUT2D eigenvalue weighted by atomic mass is 16.6. The number of benzene rings is 3. The Morgan fingerprint density at radius 1 is 1.00 bits per heavy atom. The summed E-state index contributed by atoms with van der Waals surface area (Å²) in [5, 5.41) is 10.6. The molecule has 30 heavy (non-hydrogen) atoms. The van der Waals surface area contributed by atoms with Gasteiger partial charge in [-0.25, -0.2) is 9.79 Å². The third kappa shape index (κ3) is 2.87. The Morgan fingerprint density at radius 2 is 1.83 bits per heavy atom. The van der Waals surface area contributed by atoms with Crippen LogP contribution in [0, 0.1) is 0 Å². The number of rotatable bonds is 6. The minimum Gasteiger partial charge on any atom is -0.460 e. The number of amides is 1. The van der Waals surface area contributed by atoms with Crippen LogP contribution in [0.3, 0.4) is 0 Å². The lowest BCUT2D eigenvalue weighted by molar-refractivity contribution is 0.0258. The molecule has 7 nitrogen and oxygen atoms in total. The number of anilines is 1. The number of carbonyl (C=O) groups excluding carboxylic acids is 2. The Hall–Kier alpha value is -3.55. The molecule has 5 rings (SSSR count). The smallest absolute Gasteiger partial charge is 0.338 e. The second-order valence-corrected chi connectivity index (χ2v) is 6.96. The molecule has 0 fully saturated rings. The van der Waals surface area contributed by atoms with Crippen LogP contribution in [-0.2, 0) is 9.47 Å². The van der Waals surface area contributed by atoms with E-state index in [2.05, 4.69) is 0 Å². The Balaban J connectivity index is 1.49. The molecule has 0 spiro atoms. The number of aliphatic imine (C=N–C) groups is 1. The van der Waals surface area contributed by atoms with Crippen molar-refractivity contribution in [3.63, 3.8) is 0 Å². The fraction of sp³-hybridized carbons (Fsp3) is 0.174. The number of nitrogens with zero attached hydrogens (tertiary/aromatic N) is 2. The predicted molar refractivity (Wildman–Crippen MR) is 112 cm³/mol. The summed E-state index contributed by atoms with van der Waals surface area (Å²) in [6.45, 7) is 0.402. The van der Waals surface area contributed by atoms with Gasteiger partial charge in [0.05, 0.1) is 42.3 Å². The van der Waals surface area contributed by atoms with Crippen molar-refractivity contribution in [2.75, 3.05) is 31.3 Å². The molecule has 150 valence electrons. The molecular weight excluding hydrogens is 384 g/mol. The summed E-state index contributed by atoms with van der Waals surface area (Å²) in [6, 6.07) is 16.5. The van der Waals surface area contributed by atoms with Crippen molar-refractivity contribution in [1.82, 2.24) is 0 Å². The van der Waals surface area contributed by atoms with Gasteiger partial charge in [0, 0.05) is 10.9 Å². The van der Waals surface area contributed by atoms with E-state index in [1.54, 1.807) is 23.1 Å².